The average Bonchev–Trinajstić information content (AvgIpc) is 2.56. The van der Waals surface area contributed by atoms with Crippen molar-refractivity contribution in [2.45, 2.75) is 6.10 Å². The lowest BCUT2D eigenvalue weighted by atomic mass is 10.1. The van der Waals surface area contributed by atoms with Crippen molar-refractivity contribution < 1.29 is 4.74 Å². The molecule has 0 radical (unpaired) electrons. The zero-order chi connectivity index (χ0) is 14.7. The van der Waals surface area contributed by atoms with Gasteiger partial charge in [0.25, 0.3) is 0 Å². The lowest BCUT2D eigenvalue weighted by Gasteiger charge is -2.34. The van der Waals surface area contributed by atoms with Crippen LogP contribution in [0, 0.1) is 11.3 Å². The molecule has 0 saturated carbocycles. The van der Waals surface area contributed by atoms with E-state index in [-0.39, 0.29) is 6.10 Å². The highest BCUT2D eigenvalue weighted by Crippen LogP contribution is 2.26. The molecule has 4 nitrogen and oxygen atoms in total. The molecule has 0 unspecified atom stereocenters. The van der Waals surface area contributed by atoms with Crippen LogP contribution in [-0.2, 0) is 4.74 Å². The van der Waals surface area contributed by atoms with Crippen LogP contribution in [0.2, 0.25) is 0 Å². The van der Waals surface area contributed by atoms with E-state index in [1.165, 1.54) is 0 Å². The van der Waals surface area contributed by atoms with E-state index in [9.17, 15) is 0 Å². The summed E-state index contributed by atoms with van der Waals surface area (Å²) in [4.78, 5) is 6.53. The molecule has 1 aromatic heterocycles. The Labute approximate surface area is 132 Å². The van der Waals surface area contributed by atoms with E-state index in [0.29, 0.717) is 12.2 Å². The number of rotatable bonds is 2. The molecule has 1 atom stereocenters. The molecule has 1 fully saturated rings. The topological polar surface area (TPSA) is 49.2 Å². The Bertz CT molecular complexity index is 666. The third-order valence-corrected chi connectivity index (χ3v) is 4.04. The van der Waals surface area contributed by atoms with Gasteiger partial charge in [-0.2, -0.15) is 5.26 Å². The summed E-state index contributed by atoms with van der Waals surface area (Å²) in [6.07, 6.45) is 1.71. The lowest BCUT2D eigenvalue weighted by Crippen LogP contribution is -2.38. The fourth-order valence-electron chi connectivity index (χ4n) is 2.40. The number of hydrogen-bond donors (Lipinski definition) is 0. The maximum absolute atomic E-state index is 8.99. The second kappa shape index (κ2) is 6.25. The number of halogens is 1. The second-order valence-electron chi connectivity index (χ2n) is 4.87. The fourth-order valence-corrected chi connectivity index (χ4v) is 2.66. The summed E-state index contributed by atoms with van der Waals surface area (Å²) in [7, 11) is 0. The first-order valence-corrected chi connectivity index (χ1v) is 7.54. The van der Waals surface area contributed by atoms with Crippen molar-refractivity contribution in [3.8, 4) is 6.07 Å². The van der Waals surface area contributed by atoms with Crippen LogP contribution in [0.25, 0.3) is 0 Å². The van der Waals surface area contributed by atoms with Crippen LogP contribution >= 0.6 is 15.9 Å². The molecule has 3 rings (SSSR count). The van der Waals surface area contributed by atoms with Crippen molar-refractivity contribution in [2.24, 2.45) is 0 Å². The Hall–Kier alpha value is -1.90. The zero-order valence-electron chi connectivity index (χ0n) is 11.4. The van der Waals surface area contributed by atoms with Gasteiger partial charge in [-0.05, 0) is 29.8 Å². The van der Waals surface area contributed by atoms with E-state index in [2.05, 4.69) is 44.0 Å². The van der Waals surface area contributed by atoms with Crippen molar-refractivity contribution in [2.75, 3.05) is 24.6 Å². The average molecular weight is 344 g/mol. The fraction of sp³-hybridized carbons (Fsp3) is 0.250. The standard InChI is InChI=1S/C16H14BrN3O/c17-14-3-1-13(2-4-14)15-11-20(7-8-21-15)16-9-12(10-18)5-6-19-16/h1-6,9,15H,7-8,11H2/t15-/m1/s1. The summed E-state index contributed by atoms with van der Waals surface area (Å²) in [5, 5.41) is 8.99. The monoisotopic (exact) mass is 343 g/mol. The highest BCUT2D eigenvalue weighted by atomic mass is 79.9. The molecule has 1 saturated heterocycles. The van der Waals surface area contributed by atoms with Crippen molar-refractivity contribution in [1.82, 2.24) is 4.98 Å². The van der Waals surface area contributed by atoms with Crippen LogP contribution in [0.1, 0.15) is 17.2 Å². The van der Waals surface area contributed by atoms with Gasteiger partial charge in [-0.3, -0.25) is 0 Å². The minimum absolute atomic E-state index is 0.0272. The molecular weight excluding hydrogens is 330 g/mol. The van der Waals surface area contributed by atoms with Gasteiger partial charge in [-0.15, -0.1) is 0 Å². The summed E-state index contributed by atoms with van der Waals surface area (Å²) in [5.41, 5.74) is 1.78. The molecule has 106 valence electrons. The van der Waals surface area contributed by atoms with Crippen molar-refractivity contribution in [1.29, 1.82) is 5.26 Å². The molecule has 0 bridgehead atoms. The predicted molar refractivity (Wildman–Crippen MR) is 84.0 cm³/mol. The Kier molecular flexibility index (Phi) is 4.18. The molecule has 0 spiro atoms. The number of anilines is 1. The summed E-state index contributed by atoms with van der Waals surface area (Å²) in [6, 6.07) is 13.9. The van der Waals surface area contributed by atoms with Crippen LogP contribution < -0.4 is 4.90 Å². The molecule has 2 aromatic rings. The molecule has 1 aliphatic heterocycles. The Morgan fingerprint density at radius 3 is 2.86 bits per heavy atom. The van der Waals surface area contributed by atoms with Crippen LogP contribution in [0.15, 0.2) is 47.1 Å². The van der Waals surface area contributed by atoms with E-state index in [1.807, 2.05) is 18.2 Å². The maximum Gasteiger partial charge on any atom is 0.129 e. The highest BCUT2D eigenvalue weighted by Gasteiger charge is 2.23. The minimum atomic E-state index is 0.0272. The number of pyridine rings is 1. The number of nitrogens with zero attached hydrogens (tertiary/aromatic N) is 3. The Morgan fingerprint density at radius 2 is 2.10 bits per heavy atom. The number of nitriles is 1. The van der Waals surface area contributed by atoms with E-state index >= 15 is 0 Å². The van der Waals surface area contributed by atoms with Gasteiger partial charge in [-0.1, -0.05) is 28.1 Å². The van der Waals surface area contributed by atoms with Gasteiger partial charge in [-0.25, -0.2) is 4.98 Å². The second-order valence-corrected chi connectivity index (χ2v) is 5.79. The normalized spacial score (nSPS) is 18.3. The number of hydrogen-bond acceptors (Lipinski definition) is 4. The molecule has 21 heavy (non-hydrogen) atoms. The van der Waals surface area contributed by atoms with Gasteiger partial charge in [0, 0.05) is 23.8 Å². The van der Waals surface area contributed by atoms with E-state index in [4.69, 9.17) is 10.00 Å². The third-order valence-electron chi connectivity index (χ3n) is 3.51. The molecule has 0 amide bonds. The largest absolute Gasteiger partial charge is 0.370 e. The highest BCUT2D eigenvalue weighted by molar-refractivity contribution is 9.10. The summed E-state index contributed by atoms with van der Waals surface area (Å²) in [5.74, 6) is 0.833. The van der Waals surface area contributed by atoms with Crippen molar-refractivity contribution >= 4 is 21.7 Å². The van der Waals surface area contributed by atoms with E-state index in [1.54, 1.807) is 12.3 Å². The van der Waals surface area contributed by atoms with Crippen molar-refractivity contribution in [3.05, 3.63) is 58.2 Å². The van der Waals surface area contributed by atoms with Gasteiger partial charge in [0.1, 0.15) is 11.9 Å². The van der Waals surface area contributed by atoms with Crippen LogP contribution in [0.3, 0.4) is 0 Å². The number of aromatic nitrogens is 1. The first-order chi connectivity index (χ1) is 10.3. The number of ether oxygens (including phenoxy) is 1. The summed E-state index contributed by atoms with van der Waals surface area (Å²) >= 11 is 3.44. The predicted octanol–water partition coefficient (Wildman–Crippen LogP) is 3.29. The van der Waals surface area contributed by atoms with Crippen LogP contribution in [0.4, 0.5) is 5.82 Å². The maximum atomic E-state index is 8.99. The molecule has 1 aromatic carbocycles. The SMILES string of the molecule is N#Cc1ccnc(N2CCO[C@@H](c3ccc(Br)cc3)C2)c1. The van der Waals surface area contributed by atoms with E-state index in [0.717, 1.165) is 28.9 Å². The number of benzene rings is 1. The quantitative estimate of drug-likeness (QED) is 0.839. The molecular formula is C16H14BrN3O. The van der Waals surface area contributed by atoms with Crippen LogP contribution in [0.5, 0.6) is 0 Å². The molecule has 1 aliphatic rings. The Balaban J connectivity index is 1.79. The van der Waals surface area contributed by atoms with E-state index < -0.39 is 0 Å². The van der Waals surface area contributed by atoms with Gasteiger partial charge >= 0.3 is 0 Å². The zero-order valence-corrected chi connectivity index (χ0v) is 13.0. The van der Waals surface area contributed by atoms with Gasteiger partial charge in [0.2, 0.25) is 0 Å². The smallest absolute Gasteiger partial charge is 0.129 e. The Morgan fingerprint density at radius 1 is 1.29 bits per heavy atom. The lowest BCUT2D eigenvalue weighted by molar-refractivity contribution is 0.0395. The molecule has 0 N–H and O–H groups in total. The first kappa shape index (κ1) is 14.1. The van der Waals surface area contributed by atoms with Gasteiger partial charge in [0.15, 0.2) is 0 Å². The summed E-state index contributed by atoms with van der Waals surface area (Å²) in [6.45, 7) is 2.18. The minimum Gasteiger partial charge on any atom is -0.370 e. The van der Waals surface area contributed by atoms with Crippen molar-refractivity contribution in [3.63, 3.8) is 0 Å². The van der Waals surface area contributed by atoms with Crippen LogP contribution in [-0.4, -0.2) is 24.7 Å². The molecule has 5 heteroatoms. The van der Waals surface area contributed by atoms with Gasteiger partial charge in [0.05, 0.1) is 18.2 Å². The molecule has 2 heterocycles. The molecule has 0 aliphatic carbocycles. The number of morpholine rings is 1. The first-order valence-electron chi connectivity index (χ1n) is 6.74. The third kappa shape index (κ3) is 3.23. The summed E-state index contributed by atoms with van der Waals surface area (Å²) < 4.78 is 6.92. The van der Waals surface area contributed by atoms with Gasteiger partial charge < -0.3 is 9.64 Å².